The molecule has 1 saturated heterocycles. The number of nitrogens with zero attached hydrogens (tertiary/aromatic N) is 2. The van der Waals surface area contributed by atoms with Gasteiger partial charge in [0.05, 0.1) is 30.1 Å². The van der Waals surface area contributed by atoms with Crippen molar-refractivity contribution in [3.63, 3.8) is 0 Å². The highest BCUT2D eigenvalue weighted by Crippen LogP contribution is 2.48. The minimum absolute atomic E-state index is 0.0275. The molecule has 1 aromatic heterocycles. The normalized spacial score (nSPS) is 31.1. The van der Waals surface area contributed by atoms with Crippen LogP contribution in [0.15, 0.2) is 6.08 Å². The molecule has 0 radical (unpaired) electrons. The number of hydrogen-bond acceptors (Lipinski definition) is 9. The van der Waals surface area contributed by atoms with Gasteiger partial charge in [0.25, 0.3) is 10.1 Å². The second-order valence-corrected chi connectivity index (χ2v) is 9.39. The van der Waals surface area contributed by atoms with Crippen molar-refractivity contribution in [3.8, 4) is 0 Å². The fourth-order valence-electron chi connectivity index (χ4n) is 3.99. The van der Waals surface area contributed by atoms with E-state index in [4.69, 9.17) is 31.0 Å². The SMILES string of the molecule is CCC1(COS(C)(=O)=O)O[C@@H](C2C=Cc3c(Cl)nc(N)nc32)[C@H](OC(C)=O)[C@@H]1C. The van der Waals surface area contributed by atoms with Crippen molar-refractivity contribution in [2.24, 2.45) is 5.92 Å². The molecule has 9 nitrogen and oxygen atoms in total. The van der Waals surface area contributed by atoms with Crippen LogP contribution in [-0.2, 0) is 28.6 Å². The van der Waals surface area contributed by atoms with E-state index in [0.29, 0.717) is 17.7 Å². The molecule has 1 fully saturated rings. The van der Waals surface area contributed by atoms with Crippen molar-refractivity contribution in [3.05, 3.63) is 22.5 Å². The first-order chi connectivity index (χ1) is 13.5. The monoisotopic (exact) mass is 445 g/mol. The van der Waals surface area contributed by atoms with Gasteiger partial charge >= 0.3 is 5.97 Å². The Balaban J connectivity index is 2.00. The fourth-order valence-corrected chi connectivity index (χ4v) is 4.65. The highest BCUT2D eigenvalue weighted by molar-refractivity contribution is 7.85. The minimum Gasteiger partial charge on any atom is -0.459 e. The van der Waals surface area contributed by atoms with E-state index < -0.39 is 39.8 Å². The van der Waals surface area contributed by atoms with Gasteiger partial charge in [-0.1, -0.05) is 37.6 Å². The van der Waals surface area contributed by atoms with Gasteiger partial charge in [-0.05, 0) is 6.42 Å². The summed E-state index contributed by atoms with van der Waals surface area (Å²) >= 11 is 6.18. The molecule has 2 N–H and O–H groups in total. The Morgan fingerprint density at radius 1 is 1.41 bits per heavy atom. The van der Waals surface area contributed by atoms with E-state index in [1.54, 1.807) is 6.08 Å². The number of halogens is 1. The first-order valence-electron chi connectivity index (χ1n) is 9.18. The summed E-state index contributed by atoms with van der Waals surface area (Å²) < 4.78 is 40.2. The van der Waals surface area contributed by atoms with Crippen molar-refractivity contribution in [1.82, 2.24) is 9.97 Å². The van der Waals surface area contributed by atoms with Crippen LogP contribution in [0.25, 0.3) is 6.08 Å². The molecule has 0 bridgehead atoms. The molecule has 1 aliphatic heterocycles. The van der Waals surface area contributed by atoms with Gasteiger partial charge < -0.3 is 15.2 Å². The van der Waals surface area contributed by atoms with Gasteiger partial charge in [-0.3, -0.25) is 8.98 Å². The maximum atomic E-state index is 11.8. The first kappa shape index (κ1) is 21.9. The van der Waals surface area contributed by atoms with Crippen molar-refractivity contribution in [2.45, 2.75) is 50.9 Å². The third-order valence-electron chi connectivity index (χ3n) is 5.52. The van der Waals surface area contributed by atoms with Crippen LogP contribution in [0, 0.1) is 5.92 Å². The molecule has 0 aromatic carbocycles. The highest BCUT2D eigenvalue weighted by Gasteiger charge is 2.56. The molecule has 5 atom stereocenters. The van der Waals surface area contributed by atoms with Gasteiger partial charge in [-0.2, -0.15) is 8.42 Å². The third kappa shape index (κ3) is 4.25. The number of carbonyl (C=O) groups excluding carboxylic acids is 1. The Morgan fingerprint density at radius 3 is 2.69 bits per heavy atom. The summed E-state index contributed by atoms with van der Waals surface area (Å²) in [5.74, 6) is -1.17. The summed E-state index contributed by atoms with van der Waals surface area (Å²) in [5, 5.41) is 0.225. The largest absolute Gasteiger partial charge is 0.459 e. The van der Waals surface area contributed by atoms with Crippen molar-refractivity contribution in [1.29, 1.82) is 0 Å². The minimum atomic E-state index is -3.68. The number of esters is 1. The predicted molar refractivity (Wildman–Crippen MR) is 107 cm³/mol. The molecule has 0 amide bonds. The van der Waals surface area contributed by atoms with Crippen molar-refractivity contribution >= 4 is 39.7 Å². The maximum absolute atomic E-state index is 11.8. The third-order valence-corrected chi connectivity index (χ3v) is 6.36. The summed E-state index contributed by atoms with van der Waals surface area (Å²) in [6.07, 6.45) is 3.79. The Morgan fingerprint density at radius 2 is 2.10 bits per heavy atom. The maximum Gasteiger partial charge on any atom is 0.303 e. The molecule has 2 heterocycles. The van der Waals surface area contributed by atoms with Crippen LogP contribution in [0.2, 0.25) is 5.15 Å². The molecule has 11 heteroatoms. The van der Waals surface area contributed by atoms with E-state index >= 15 is 0 Å². The van der Waals surface area contributed by atoms with Crippen molar-refractivity contribution in [2.75, 3.05) is 18.6 Å². The van der Waals surface area contributed by atoms with Gasteiger partial charge in [0.15, 0.2) is 0 Å². The molecule has 3 rings (SSSR count). The average molecular weight is 446 g/mol. The summed E-state index contributed by atoms with van der Waals surface area (Å²) in [5.41, 5.74) is 6.00. The van der Waals surface area contributed by atoms with Gasteiger partial charge in [-0.15, -0.1) is 0 Å². The second kappa shape index (κ2) is 7.82. The quantitative estimate of drug-likeness (QED) is 0.396. The lowest BCUT2D eigenvalue weighted by molar-refractivity contribution is -0.151. The molecular weight excluding hydrogens is 422 g/mol. The zero-order valence-electron chi connectivity index (χ0n) is 16.6. The van der Waals surface area contributed by atoms with Crippen molar-refractivity contribution < 1.29 is 26.9 Å². The molecule has 1 aliphatic carbocycles. The topological polar surface area (TPSA) is 131 Å². The zero-order chi connectivity index (χ0) is 21.6. The van der Waals surface area contributed by atoms with Crippen LogP contribution < -0.4 is 5.73 Å². The molecule has 2 unspecified atom stereocenters. The number of nitrogen functional groups attached to an aromatic ring is 1. The molecule has 29 heavy (non-hydrogen) atoms. The lowest BCUT2D eigenvalue weighted by Gasteiger charge is -2.31. The van der Waals surface area contributed by atoms with Crippen LogP contribution in [-0.4, -0.2) is 55.0 Å². The van der Waals surface area contributed by atoms with Gasteiger partial charge in [0.2, 0.25) is 5.95 Å². The van der Waals surface area contributed by atoms with Gasteiger partial charge in [0.1, 0.15) is 17.4 Å². The number of rotatable bonds is 6. The lowest BCUT2D eigenvalue weighted by atomic mass is 9.83. The summed E-state index contributed by atoms with van der Waals surface area (Å²) in [7, 11) is -3.68. The number of nitrogens with two attached hydrogens (primary N) is 1. The average Bonchev–Trinajstić information content (AvgIpc) is 3.13. The number of ether oxygens (including phenoxy) is 2. The van der Waals surface area contributed by atoms with Gasteiger partial charge in [-0.25, -0.2) is 9.97 Å². The number of carbonyl (C=O) groups is 1. The lowest BCUT2D eigenvalue weighted by Crippen LogP contribution is -2.42. The zero-order valence-corrected chi connectivity index (χ0v) is 18.2. The summed E-state index contributed by atoms with van der Waals surface area (Å²) in [6.45, 7) is 4.85. The standard InChI is InChI=1S/C18H24ClN3O6S/c1-5-18(8-26-29(4,24)25)9(2)14(27-10(3)23)15(28-18)11-6-7-12-13(11)21-17(20)22-16(12)19/h6-7,9,11,14-15H,5,8H2,1-4H3,(H2,20,21,22)/t9-,11?,14+,15-,18?/m0/s1. The number of anilines is 1. The van der Waals surface area contributed by atoms with E-state index in [1.165, 1.54) is 6.92 Å². The van der Waals surface area contributed by atoms with Crippen LogP contribution in [0.4, 0.5) is 5.95 Å². The number of fused-ring (bicyclic) bond motifs is 1. The van der Waals surface area contributed by atoms with Crippen LogP contribution in [0.5, 0.6) is 0 Å². The summed E-state index contributed by atoms with van der Waals surface area (Å²) in [4.78, 5) is 20.1. The van der Waals surface area contributed by atoms with Gasteiger partial charge in [0, 0.05) is 18.4 Å². The van der Waals surface area contributed by atoms with E-state index in [-0.39, 0.29) is 23.6 Å². The number of aromatic nitrogens is 2. The Hall–Kier alpha value is -1.75. The van der Waals surface area contributed by atoms with E-state index in [0.717, 1.165) is 6.26 Å². The smallest absolute Gasteiger partial charge is 0.303 e. The summed E-state index contributed by atoms with van der Waals surface area (Å²) in [6, 6.07) is 0. The highest BCUT2D eigenvalue weighted by atomic mass is 35.5. The molecule has 2 aliphatic rings. The Kier molecular flexibility index (Phi) is 5.92. The first-order valence-corrected chi connectivity index (χ1v) is 11.4. The Bertz CT molecular complexity index is 953. The molecule has 1 aromatic rings. The predicted octanol–water partition coefficient (Wildman–Crippen LogP) is 1.91. The Labute approximate surface area is 174 Å². The van der Waals surface area contributed by atoms with E-state index in [9.17, 15) is 13.2 Å². The van der Waals surface area contributed by atoms with Crippen LogP contribution in [0.1, 0.15) is 44.4 Å². The molecule has 0 spiro atoms. The van der Waals surface area contributed by atoms with E-state index in [2.05, 4.69) is 9.97 Å². The van der Waals surface area contributed by atoms with E-state index in [1.807, 2.05) is 19.9 Å². The fraction of sp³-hybridized carbons (Fsp3) is 0.611. The molecule has 0 saturated carbocycles. The number of hydrogen-bond donors (Lipinski definition) is 1. The molecule has 160 valence electrons. The van der Waals surface area contributed by atoms with Crippen LogP contribution >= 0.6 is 11.6 Å². The van der Waals surface area contributed by atoms with Crippen LogP contribution in [0.3, 0.4) is 0 Å². The second-order valence-electron chi connectivity index (χ2n) is 7.39. The molecular formula is C18H24ClN3O6S.